The number of carbonyl (C=O) groups is 2. The zero-order valence-electron chi connectivity index (χ0n) is 30.1. The molecule has 4 atom stereocenters. The number of methoxy groups -OCH3 is 2. The number of rotatable bonds is 7. The highest BCUT2D eigenvalue weighted by atomic mass is 16.6. The Bertz CT molecular complexity index is 2170. The van der Waals surface area contributed by atoms with Crippen molar-refractivity contribution in [2.24, 2.45) is 11.8 Å². The smallest absolute Gasteiger partial charge is 0.410 e. The molecule has 3 N–H and O–H groups in total. The standard InChI is InChI=1S/C39H44N6O7/c1-39(2,3)52-38(48)45-17-22(19-50-5)11-32(45)36-41-29-9-7-23-13-28-26-8-6-24(12-25(26)20-51-33(28)14-27(23)34(29)43-36)30-15-40-35(42-30)31-10-21(18-49-4)16-44(31)37(46)47/h6-9,12-15,21-22,31-32H,10-11,16-20H2,1-5H3,(H,40,42)(H,41,43)(H,46,47)/t21-,22-,31-,32-/m0/s1. The minimum absolute atomic E-state index is 0.124. The van der Waals surface area contributed by atoms with E-state index in [9.17, 15) is 14.7 Å². The van der Waals surface area contributed by atoms with Crippen LogP contribution in [0.4, 0.5) is 9.59 Å². The number of aromatic amines is 2. The Labute approximate surface area is 301 Å². The number of imidazole rings is 2. The van der Waals surface area contributed by atoms with Crippen molar-refractivity contribution in [2.75, 3.05) is 40.5 Å². The molecule has 8 rings (SSSR count). The summed E-state index contributed by atoms with van der Waals surface area (Å²) in [7, 11) is 3.32. The second-order valence-electron chi connectivity index (χ2n) is 15.2. The number of nitrogens with one attached hydrogen (secondary N) is 2. The van der Waals surface area contributed by atoms with Gasteiger partial charge in [0.15, 0.2) is 0 Å². The fourth-order valence-electron chi connectivity index (χ4n) is 8.09. The van der Waals surface area contributed by atoms with E-state index in [4.69, 9.17) is 23.9 Å². The summed E-state index contributed by atoms with van der Waals surface area (Å²) >= 11 is 0. The van der Waals surface area contributed by atoms with Gasteiger partial charge in [0, 0.05) is 50.1 Å². The first-order chi connectivity index (χ1) is 25.0. The van der Waals surface area contributed by atoms with Crippen molar-refractivity contribution in [3.63, 3.8) is 0 Å². The maximum Gasteiger partial charge on any atom is 0.410 e. The Morgan fingerprint density at radius 1 is 0.923 bits per heavy atom. The van der Waals surface area contributed by atoms with Gasteiger partial charge in [-0.05, 0) is 80.0 Å². The molecule has 3 aliphatic rings. The SMILES string of the molecule is COC[C@H]1C[C@@H](c2ncc(-c3ccc4c(c3)COc3cc5c(ccc6[nH]c([C@@H]7C[C@H](COC)CN7C(=O)OC(C)(C)C)nc65)cc3-4)[nH]2)N(C(=O)O)C1. The third-order valence-electron chi connectivity index (χ3n) is 10.4. The van der Waals surface area contributed by atoms with Gasteiger partial charge in [0.2, 0.25) is 0 Å². The number of aromatic nitrogens is 4. The van der Waals surface area contributed by atoms with E-state index in [2.05, 4.69) is 51.4 Å². The van der Waals surface area contributed by atoms with E-state index in [1.54, 1.807) is 25.3 Å². The van der Waals surface area contributed by atoms with Crippen LogP contribution in [0.15, 0.2) is 48.7 Å². The predicted molar refractivity (Wildman–Crippen MR) is 194 cm³/mol. The average molecular weight is 709 g/mol. The van der Waals surface area contributed by atoms with Gasteiger partial charge in [0.1, 0.15) is 29.6 Å². The number of ether oxygens (including phenoxy) is 4. The number of H-pyrrole nitrogens is 2. The molecule has 0 saturated carbocycles. The van der Waals surface area contributed by atoms with Crippen LogP contribution in [0.2, 0.25) is 0 Å². The number of nitrogens with zero attached hydrogens (tertiary/aromatic N) is 4. The average Bonchev–Trinajstić information content (AvgIpc) is 3.92. The Morgan fingerprint density at radius 3 is 2.37 bits per heavy atom. The topological polar surface area (TPSA) is 155 Å². The summed E-state index contributed by atoms with van der Waals surface area (Å²) in [5, 5.41) is 11.8. The lowest BCUT2D eigenvalue weighted by Crippen LogP contribution is -2.37. The van der Waals surface area contributed by atoms with Gasteiger partial charge < -0.3 is 34.0 Å². The minimum atomic E-state index is -0.957. The lowest BCUT2D eigenvalue weighted by molar-refractivity contribution is 0.0208. The zero-order valence-corrected chi connectivity index (χ0v) is 30.1. The molecule has 3 aromatic carbocycles. The molecule has 3 aliphatic heterocycles. The number of hydrogen-bond donors (Lipinski definition) is 3. The summed E-state index contributed by atoms with van der Waals surface area (Å²) in [5.41, 5.74) is 6.01. The van der Waals surface area contributed by atoms with Crippen molar-refractivity contribution in [3.8, 4) is 28.1 Å². The van der Waals surface area contributed by atoms with Crippen molar-refractivity contribution >= 4 is 34.0 Å². The van der Waals surface area contributed by atoms with E-state index < -0.39 is 11.7 Å². The zero-order chi connectivity index (χ0) is 36.3. The molecule has 0 radical (unpaired) electrons. The highest BCUT2D eigenvalue weighted by Gasteiger charge is 2.40. The molecule has 0 bridgehead atoms. The van der Waals surface area contributed by atoms with Crippen LogP contribution in [-0.4, -0.2) is 93.2 Å². The number of hydrogen-bond acceptors (Lipinski definition) is 8. The molecular weight excluding hydrogens is 664 g/mol. The molecule has 0 spiro atoms. The molecular formula is C39H44N6O7. The van der Waals surface area contributed by atoms with Crippen LogP contribution in [0.3, 0.4) is 0 Å². The van der Waals surface area contributed by atoms with E-state index in [0.717, 1.165) is 67.7 Å². The maximum absolute atomic E-state index is 13.3. The van der Waals surface area contributed by atoms with Crippen molar-refractivity contribution in [3.05, 3.63) is 65.9 Å². The van der Waals surface area contributed by atoms with Gasteiger partial charge in [-0.1, -0.05) is 18.2 Å². The Morgan fingerprint density at radius 2 is 1.65 bits per heavy atom. The number of likely N-dealkylation sites (tertiary alicyclic amines) is 2. The third-order valence-corrected chi connectivity index (χ3v) is 10.4. The van der Waals surface area contributed by atoms with E-state index in [1.807, 2.05) is 26.8 Å². The Hall–Kier alpha value is -5.14. The molecule has 272 valence electrons. The van der Waals surface area contributed by atoms with Crippen LogP contribution >= 0.6 is 0 Å². The number of fused-ring (bicyclic) bond motifs is 6. The number of carbonyl (C=O) groups excluding carboxylic acids is 1. The summed E-state index contributed by atoms with van der Waals surface area (Å²) in [6.07, 6.45) is 1.83. The van der Waals surface area contributed by atoms with Gasteiger partial charge in [-0.2, -0.15) is 0 Å². The molecule has 2 aromatic heterocycles. The number of amides is 2. The van der Waals surface area contributed by atoms with Crippen LogP contribution in [0.5, 0.6) is 5.75 Å². The monoisotopic (exact) mass is 708 g/mol. The van der Waals surface area contributed by atoms with Gasteiger partial charge in [-0.3, -0.25) is 9.80 Å². The first-order valence-corrected chi connectivity index (χ1v) is 17.7. The molecule has 2 amide bonds. The molecule has 0 aliphatic carbocycles. The molecule has 2 saturated heterocycles. The first kappa shape index (κ1) is 34.0. The normalized spacial score (nSPS) is 21.4. The highest BCUT2D eigenvalue weighted by Crippen LogP contribution is 2.44. The molecule has 5 aromatic rings. The van der Waals surface area contributed by atoms with Gasteiger partial charge in [0.05, 0.1) is 48.2 Å². The minimum Gasteiger partial charge on any atom is -0.488 e. The van der Waals surface area contributed by atoms with Crippen LogP contribution in [0.1, 0.15) is 62.9 Å². The summed E-state index contributed by atoms with van der Waals surface area (Å²) < 4.78 is 22.9. The van der Waals surface area contributed by atoms with Crippen LogP contribution in [0, 0.1) is 11.8 Å². The van der Waals surface area contributed by atoms with E-state index >= 15 is 0 Å². The van der Waals surface area contributed by atoms with Gasteiger partial charge in [0.25, 0.3) is 0 Å². The van der Waals surface area contributed by atoms with Crippen LogP contribution in [-0.2, 0) is 20.8 Å². The van der Waals surface area contributed by atoms with Crippen molar-refractivity contribution in [2.45, 2.75) is 57.9 Å². The summed E-state index contributed by atoms with van der Waals surface area (Å²) in [6.45, 7) is 8.03. The largest absolute Gasteiger partial charge is 0.488 e. The molecule has 5 heterocycles. The Balaban J connectivity index is 1.08. The van der Waals surface area contributed by atoms with Gasteiger partial charge >= 0.3 is 12.2 Å². The molecule has 2 fully saturated rings. The van der Waals surface area contributed by atoms with Gasteiger partial charge in [-0.25, -0.2) is 19.6 Å². The lowest BCUT2D eigenvalue weighted by Gasteiger charge is -2.27. The second-order valence-corrected chi connectivity index (χ2v) is 15.2. The molecule has 13 heteroatoms. The van der Waals surface area contributed by atoms with E-state index in [1.165, 1.54) is 4.90 Å². The highest BCUT2D eigenvalue weighted by molar-refractivity contribution is 6.07. The fourth-order valence-corrected chi connectivity index (χ4v) is 8.09. The fraction of sp³-hybridized carbons (Fsp3) is 0.436. The Kier molecular flexibility index (Phi) is 8.57. The van der Waals surface area contributed by atoms with E-state index in [0.29, 0.717) is 45.2 Å². The van der Waals surface area contributed by atoms with Crippen molar-refractivity contribution in [1.29, 1.82) is 0 Å². The van der Waals surface area contributed by atoms with Gasteiger partial charge in [-0.15, -0.1) is 0 Å². The molecule has 0 unspecified atom stereocenters. The third kappa shape index (κ3) is 6.21. The predicted octanol–water partition coefficient (Wildman–Crippen LogP) is 7.30. The lowest BCUT2D eigenvalue weighted by atomic mass is 9.92. The quantitative estimate of drug-likeness (QED) is 0.158. The maximum atomic E-state index is 13.3. The summed E-state index contributed by atoms with van der Waals surface area (Å²) in [4.78, 5) is 45.1. The van der Waals surface area contributed by atoms with E-state index in [-0.39, 0.29) is 30.0 Å². The summed E-state index contributed by atoms with van der Waals surface area (Å²) in [6, 6.07) is 14.0. The van der Waals surface area contributed by atoms with Crippen molar-refractivity contribution < 1.29 is 33.6 Å². The summed E-state index contributed by atoms with van der Waals surface area (Å²) in [5.74, 6) is 2.44. The second kappa shape index (κ2) is 13.1. The number of carboxylic acid groups (broad SMARTS) is 1. The molecule has 13 nitrogen and oxygen atoms in total. The molecule has 52 heavy (non-hydrogen) atoms. The first-order valence-electron chi connectivity index (χ1n) is 17.7. The number of benzene rings is 3. The van der Waals surface area contributed by atoms with Crippen molar-refractivity contribution in [1.82, 2.24) is 29.7 Å². The van der Waals surface area contributed by atoms with Crippen LogP contribution < -0.4 is 4.74 Å². The van der Waals surface area contributed by atoms with Crippen LogP contribution in [0.25, 0.3) is 44.2 Å².